The molecule has 0 aliphatic carbocycles. The lowest BCUT2D eigenvalue weighted by atomic mass is 9.90. The second-order valence-corrected chi connectivity index (χ2v) is 7.77. The molecule has 0 amide bonds. The van der Waals surface area contributed by atoms with Gasteiger partial charge >= 0.3 is 5.69 Å². The summed E-state index contributed by atoms with van der Waals surface area (Å²) in [6.07, 6.45) is 4.74. The monoisotopic (exact) mass is 489 g/mol. The Hall–Kier alpha value is -4.80. The van der Waals surface area contributed by atoms with Gasteiger partial charge in [0.05, 0.1) is 13.0 Å². The highest BCUT2D eigenvalue weighted by Gasteiger charge is 2.27. The van der Waals surface area contributed by atoms with Crippen LogP contribution in [0.3, 0.4) is 0 Å². The molecule has 2 aromatic heterocycles. The van der Waals surface area contributed by atoms with E-state index < -0.39 is 17.4 Å². The second-order valence-electron chi connectivity index (χ2n) is 7.77. The van der Waals surface area contributed by atoms with E-state index in [2.05, 4.69) is 26.6 Å². The minimum Gasteiger partial charge on any atom is -0.497 e. The number of nitrogens with two attached hydrogens (primary N) is 1. The molecule has 1 unspecified atom stereocenters. The van der Waals surface area contributed by atoms with Crippen molar-refractivity contribution in [2.45, 2.75) is 12.3 Å². The van der Waals surface area contributed by atoms with Crippen molar-refractivity contribution in [3.05, 3.63) is 106 Å². The predicted molar refractivity (Wildman–Crippen MR) is 131 cm³/mol. The van der Waals surface area contributed by atoms with Gasteiger partial charge in [0.15, 0.2) is 11.6 Å². The van der Waals surface area contributed by atoms with E-state index in [1.807, 2.05) is 0 Å². The molecule has 0 bridgehead atoms. The first kappa shape index (κ1) is 24.3. The Labute approximate surface area is 205 Å². The van der Waals surface area contributed by atoms with Gasteiger partial charge in [0.2, 0.25) is 0 Å². The van der Waals surface area contributed by atoms with Crippen molar-refractivity contribution < 1.29 is 13.9 Å². The summed E-state index contributed by atoms with van der Waals surface area (Å²) in [5.41, 5.74) is 6.56. The molecule has 0 aliphatic heterocycles. The number of aromatic amines is 1. The number of nitrogens with one attached hydrogen (secondary N) is 2. The Morgan fingerprint density at radius 3 is 2.64 bits per heavy atom. The van der Waals surface area contributed by atoms with Gasteiger partial charge in [-0.25, -0.2) is 19.2 Å². The van der Waals surface area contributed by atoms with Crippen molar-refractivity contribution in [2.75, 3.05) is 13.7 Å². The number of benzene rings is 2. The van der Waals surface area contributed by atoms with Gasteiger partial charge in [0, 0.05) is 29.6 Å². The molecule has 11 heteroatoms. The van der Waals surface area contributed by atoms with Crippen molar-refractivity contribution in [3.63, 3.8) is 0 Å². The van der Waals surface area contributed by atoms with E-state index in [9.17, 15) is 4.79 Å². The lowest BCUT2D eigenvalue weighted by Crippen LogP contribution is -2.18. The second kappa shape index (κ2) is 10.6. The fourth-order valence-corrected chi connectivity index (χ4v) is 3.66. The molecule has 0 aliphatic rings. The quantitative estimate of drug-likeness (QED) is 0.176. The summed E-state index contributed by atoms with van der Waals surface area (Å²) in [7, 11) is 1.47. The zero-order chi connectivity index (χ0) is 25.7. The summed E-state index contributed by atoms with van der Waals surface area (Å²) in [6, 6.07) is 11.6. The van der Waals surface area contributed by atoms with Crippen LogP contribution >= 0.6 is 0 Å². The molecule has 0 saturated heterocycles. The van der Waals surface area contributed by atoms with Crippen LogP contribution < -0.4 is 20.9 Å². The van der Waals surface area contributed by atoms with E-state index in [1.54, 1.807) is 36.4 Å². The van der Waals surface area contributed by atoms with Gasteiger partial charge in [-0.05, 0) is 24.1 Å². The molecule has 1 atom stereocenters. The molecule has 0 saturated carbocycles. The zero-order valence-electron chi connectivity index (χ0n) is 19.4. The minimum atomic E-state index is -0.743. The standard InChI is InChI=1S/C25H24FN7O3/c1-3-11-36-20-14-17(35-2)13-18(21(20)26)19(12-15-5-7-16(8-6-15)22(27)28)23-31-25(34)33(32-23)24-29-9-4-10-30-24/h3-10,13-14,19H,1,11-12H2,2H3,(H3,27,28)(H,31,32,34). The van der Waals surface area contributed by atoms with Crippen LogP contribution in [-0.4, -0.2) is 44.3 Å². The van der Waals surface area contributed by atoms with Crippen LogP contribution in [-0.2, 0) is 6.42 Å². The SMILES string of the molecule is C=CCOc1cc(OC)cc(C(Cc2ccc(C(=N)N)cc2)c2nn(-c3ncccn3)c(=O)[nH]2)c1F. The Morgan fingerprint density at radius 1 is 1.28 bits per heavy atom. The van der Waals surface area contributed by atoms with Gasteiger partial charge in [0.1, 0.15) is 24.0 Å². The third-order valence-corrected chi connectivity index (χ3v) is 5.42. The Morgan fingerprint density at radius 2 is 2.00 bits per heavy atom. The normalized spacial score (nSPS) is 11.6. The fourth-order valence-electron chi connectivity index (χ4n) is 3.66. The van der Waals surface area contributed by atoms with Crippen LogP contribution in [0.2, 0.25) is 0 Å². The van der Waals surface area contributed by atoms with E-state index in [-0.39, 0.29) is 41.9 Å². The van der Waals surface area contributed by atoms with Crippen LogP contribution in [0.5, 0.6) is 11.5 Å². The molecule has 10 nitrogen and oxygen atoms in total. The van der Waals surface area contributed by atoms with Crippen molar-refractivity contribution in [3.8, 4) is 17.4 Å². The van der Waals surface area contributed by atoms with Crippen molar-refractivity contribution in [1.29, 1.82) is 5.41 Å². The molecule has 2 heterocycles. The van der Waals surface area contributed by atoms with Crippen molar-refractivity contribution >= 4 is 5.84 Å². The molecular weight excluding hydrogens is 465 g/mol. The molecule has 0 radical (unpaired) electrons. The number of ether oxygens (including phenoxy) is 2. The van der Waals surface area contributed by atoms with Gasteiger partial charge in [-0.3, -0.25) is 10.4 Å². The number of H-pyrrole nitrogens is 1. The summed E-state index contributed by atoms with van der Waals surface area (Å²) in [5.74, 6) is -0.793. The minimum absolute atomic E-state index is 0.0191. The zero-order valence-corrected chi connectivity index (χ0v) is 19.4. The molecule has 0 spiro atoms. The highest BCUT2D eigenvalue weighted by atomic mass is 19.1. The number of hydrogen-bond donors (Lipinski definition) is 3. The topological polar surface area (TPSA) is 145 Å². The van der Waals surface area contributed by atoms with Crippen LogP contribution in [0.4, 0.5) is 4.39 Å². The maximum Gasteiger partial charge on any atom is 0.350 e. The number of hydrogen-bond acceptors (Lipinski definition) is 7. The van der Waals surface area contributed by atoms with E-state index in [0.717, 1.165) is 10.2 Å². The summed E-state index contributed by atoms with van der Waals surface area (Å²) >= 11 is 0. The highest BCUT2D eigenvalue weighted by Crippen LogP contribution is 2.36. The van der Waals surface area contributed by atoms with Crippen molar-refractivity contribution in [1.82, 2.24) is 24.7 Å². The number of amidine groups is 1. The van der Waals surface area contributed by atoms with Crippen LogP contribution in [0.1, 0.15) is 28.4 Å². The number of nitrogen functional groups attached to an aromatic ring is 1. The van der Waals surface area contributed by atoms with Gasteiger partial charge in [-0.2, -0.15) is 0 Å². The molecule has 184 valence electrons. The number of methoxy groups -OCH3 is 1. The number of halogens is 1. The van der Waals surface area contributed by atoms with E-state index in [4.69, 9.17) is 20.6 Å². The van der Waals surface area contributed by atoms with E-state index >= 15 is 4.39 Å². The molecular formula is C25H24FN7O3. The van der Waals surface area contributed by atoms with Crippen molar-refractivity contribution in [2.24, 2.45) is 5.73 Å². The fraction of sp³-hybridized carbons (Fsp3) is 0.160. The predicted octanol–water partition coefficient (Wildman–Crippen LogP) is 2.72. The van der Waals surface area contributed by atoms with Crippen LogP contribution in [0, 0.1) is 11.2 Å². The summed E-state index contributed by atoms with van der Waals surface area (Å²) in [6.45, 7) is 3.70. The Kier molecular flexibility index (Phi) is 7.19. The van der Waals surface area contributed by atoms with Gasteiger partial charge in [-0.1, -0.05) is 36.9 Å². The molecule has 36 heavy (non-hydrogen) atoms. The average molecular weight is 490 g/mol. The van der Waals surface area contributed by atoms with Crippen LogP contribution in [0.25, 0.3) is 5.95 Å². The van der Waals surface area contributed by atoms with Crippen LogP contribution in [0.15, 0.2) is 72.3 Å². The molecule has 4 N–H and O–H groups in total. The number of rotatable bonds is 10. The lowest BCUT2D eigenvalue weighted by Gasteiger charge is -2.19. The Bertz CT molecular complexity index is 1430. The summed E-state index contributed by atoms with van der Waals surface area (Å²) < 4.78 is 27.7. The maximum atomic E-state index is 15.7. The van der Waals surface area contributed by atoms with Gasteiger partial charge < -0.3 is 15.2 Å². The maximum absolute atomic E-state index is 15.7. The highest BCUT2D eigenvalue weighted by molar-refractivity contribution is 5.94. The molecule has 4 aromatic rings. The third-order valence-electron chi connectivity index (χ3n) is 5.42. The summed E-state index contributed by atoms with van der Waals surface area (Å²) in [5, 5.41) is 12.0. The first-order valence-corrected chi connectivity index (χ1v) is 10.9. The van der Waals surface area contributed by atoms with E-state index in [0.29, 0.717) is 11.3 Å². The molecule has 4 rings (SSSR count). The smallest absolute Gasteiger partial charge is 0.350 e. The first-order chi connectivity index (χ1) is 17.4. The average Bonchev–Trinajstić information content (AvgIpc) is 3.28. The van der Waals surface area contributed by atoms with E-state index in [1.165, 1.54) is 31.6 Å². The van der Waals surface area contributed by atoms with Gasteiger partial charge in [-0.15, -0.1) is 9.78 Å². The molecule has 2 aromatic carbocycles. The number of nitrogens with zero attached hydrogens (tertiary/aromatic N) is 4. The molecule has 0 fully saturated rings. The first-order valence-electron chi connectivity index (χ1n) is 10.9. The van der Waals surface area contributed by atoms with Gasteiger partial charge in [0.25, 0.3) is 5.95 Å². The largest absolute Gasteiger partial charge is 0.497 e. The lowest BCUT2D eigenvalue weighted by molar-refractivity contribution is 0.333. The summed E-state index contributed by atoms with van der Waals surface area (Å²) in [4.78, 5) is 23.6. The Balaban J connectivity index is 1.84. The third kappa shape index (κ3) is 5.14. The number of aromatic nitrogens is 5.